The zero-order chi connectivity index (χ0) is 19.9. The Balaban J connectivity index is 1.86. The molecule has 1 aromatic heterocycles. The van der Waals surface area contributed by atoms with E-state index < -0.39 is 0 Å². The van der Waals surface area contributed by atoms with Crippen molar-refractivity contribution >= 4 is 33.4 Å². The summed E-state index contributed by atoms with van der Waals surface area (Å²) in [5.41, 5.74) is 2.55. The normalized spacial score (nSPS) is 10.9. The lowest BCUT2D eigenvalue weighted by atomic mass is 10.1. The molecule has 2 aromatic carbocycles. The lowest BCUT2D eigenvalue weighted by Gasteiger charge is -2.13. The molecule has 0 bridgehead atoms. The molecule has 146 valence electrons. The van der Waals surface area contributed by atoms with Crippen LogP contribution in [-0.4, -0.2) is 42.1 Å². The van der Waals surface area contributed by atoms with Crippen LogP contribution in [0.5, 0.6) is 0 Å². The van der Waals surface area contributed by atoms with Gasteiger partial charge in [-0.05, 0) is 61.2 Å². The molecule has 0 unspecified atom stereocenters. The molecule has 0 fully saturated rings. The summed E-state index contributed by atoms with van der Waals surface area (Å²) in [4.78, 5) is 11.4. The van der Waals surface area contributed by atoms with Gasteiger partial charge in [0, 0.05) is 22.6 Å². The van der Waals surface area contributed by atoms with Crippen LogP contribution in [0.25, 0.3) is 11.3 Å². The van der Waals surface area contributed by atoms with E-state index in [1.807, 2.05) is 36.4 Å². The average Bonchev–Trinajstić information content (AvgIpc) is 2.68. The van der Waals surface area contributed by atoms with Gasteiger partial charge in [-0.2, -0.15) is 4.98 Å². The second-order valence-electron chi connectivity index (χ2n) is 6.66. The fourth-order valence-electron chi connectivity index (χ4n) is 2.67. The molecule has 28 heavy (non-hydrogen) atoms. The number of nitrogens with one attached hydrogen (secondary N) is 2. The summed E-state index contributed by atoms with van der Waals surface area (Å²) in [6.45, 7) is 1.76. The summed E-state index contributed by atoms with van der Waals surface area (Å²) < 4.78 is 14.0. The third kappa shape index (κ3) is 5.74. The van der Waals surface area contributed by atoms with E-state index in [4.69, 9.17) is 0 Å². The standard InChI is InChI=1S/C21H23BrFN5/c1-28(2)12-6-11-24-21-26-19(15-7-4-3-5-8-15)14-20(27-21)25-18-10-9-16(23)13-17(18)22/h3-5,7-10,13-14H,6,11-12H2,1-2H3,(H2,24,25,26,27). The van der Waals surface area contributed by atoms with Crippen molar-refractivity contribution in [2.24, 2.45) is 0 Å². The molecule has 5 nitrogen and oxygen atoms in total. The number of anilines is 3. The Bertz CT molecular complexity index is 918. The van der Waals surface area contributed by atoms with Gasteiger partial charge in [-0.25, -0.2) is 9.37 Å². The van der Waals surface area contributed by atoms with Gasteiger partial charge in [0.2, 0.25) is 5.95 Å². The molecule has 1 heterocycles. The molecular formula is C21H23BrFN5. The average molecular weight is 444 g/mol. The molecule has 0 spiro atoms. The number of halogens is 2. The highest BCUT2D eigenvalue weighted by Crippen LogP contribution is 2.28. The van der Waals surface area contributed by atoms with Crippen molar-refractivity contribution < 1.29 is 4.39 Å². The van der Waals surface area contributed by atoms with Crippen LogP contribution in [0.4, 0.5) is 21.8 Å². The van der Waals surface area contributed by atoms with Crippen molar-refractivity contribution in [1.82, 2.24) is 14.9 Å². The highest BCUT2D eigenvalue weighted by atomic mass is 79.9. The Hall–Kier alpha value is -2.51. The maximum atomic E-state index is 13.4. The summed E-state index contributed by atoms with van der Waals surface area (Å²) in [6, 6.07) is 16.3. The molecule has 0 aliphatic heterocycles. The van der Waals surface area contributed by atoms with E-state index in [-0.39, 0.29) is 5.82 Å². The highest BCUT2D eigenvalue weighted by molar-refractivity contribution is 9.10. The highest BCUT2D eigenvalue weighted by Gasteiger charge is 2.09. The van der Waals surface area contributed by atoms with Crippen molar-refractivity contribution in [1.29, 1.82) is 0 Å². The van der Waals surface area contributed by atoms with Gasteiger partial charge in [-0.1, -0.05) is 30.3 Å². The summed E-state index contributed by atoms with van der Waals surface area (Å²) in [5, 5.41) is 6.55. The van der Waals surface area contributed by atoms with E-state index in [9.17, 15) is 4.39 Å². The molecule has 3 aromatic rings. The van der Waals surface area contributed by atoms with Crippen molar-refractivity contribution in [2.45, 2.75) is 6.42 Å². The third-order valence-electron chi connectivity index (χ3n) is 4.05. The molecular weight excluding hydrogens is 421 g/mol. The van der Waals surface area contributed by atoms with Gasteiger partial charge < -0.3 is 15.5 Å². The number of hydrogen-bond acceptors (Lipinski definition) is 5. The number of rotatable bonds is 8. The molecule has 7 heteroatoms. The molecule has 3 rings (SSSR count). The Morgan fingerprint density at radius 2 is 1.82 bits per heavy atom. The lowest BCUT2D eigenvalue weighted by molar-refractivity contribution is 0.405. The van der Waals surface area contributed by atoms with Crippen molar-refractivity contribution in [2.75, 3.05) is 37.8 Å². The first kappa shape index (κ1) is 20.2. The van der Waals surface area contributed by atoms with Crippen molar-refractivity contribution in [3.63, 3.8) is 0 Å². The van der Waals surface area contributed by atoms with E-state index >= 15 is 0 Å². The smallest absolute Gasteiger partial charge is 0.225 e. The van der Waals surface area contributed by atoms with Crippen LogP contribution in [-0.2, 0) is 0 Å². The second kappa shape index (κ2) is 9.61. The Labute approximate surface area is 173 Å². The molecule has 0 saturated heterocycles. The molecule has 0 aliphatic carbocycles. The molecule has 0 radical (unpaired) electrons. The van der Waals surface area contributed by atoms with Crippen LogP contribution >= 0.6 is 15.9 Å². The largest absolute Gasteiger partial charge is 0.354 e. The van der Waals surface area contributed by atoms with Crippen LogP contribution < -0.4 is 10.6 Å². The number of nitrogens with zero attached hydrogens (tertiary/aromatic N) is 3. The molecule has 0 saturated carbocycles. The SMILES string of the molecule is CN(C)CCCNc1nc(Nc2ccc(F)cc2Br)cc(-c2ccccc2)n1. The predicted molar refractivity (Wildman–Crippen MR) is 117 cm³/mol. The van der Waals surface area contributed by atoms with E-state index in [2.05, 4.69) is 55.5 Å². The lowest BCUT2D eigenvalue weighted by Crippen LogP contribution is -2.17. The predicted octanol–water partition coefficient (Wildman–Crippen LogP) is 5.15. The summed E-state index contributed by atoms with van der Waals surface area (Å²) in [5.74, 6) is 0.894. The van der Waals surface area contributed by atoms with Crippen molar-refractivity contribution in [3.05, 3.63) is 64.9 Å². The van der Waals surface area contributed by atoms with Gasteiger partial charge >= 0.3 is 0 Å². The van der Waals surface area contributed by atoms with E-state index in [1.165, 1.54) is 12.1 Å². The first-order valence-electron chi connectivity index (χ1n) is 9.06. The second-order valence-corrected chi connectivity index (χ2v) is 7.52. The van der Waals surface area contributed by atoms with Gasteiger partial charge in [0.15, 0.2) is 0 Å². The molecule has 2 N–H and O–H groups in total. The minimum atomic E-state index is -0.298. The fraction of sp³-hybridized carbons (Fsp3) is 0.238. The summed E-state index contributed by atoms with van der Waals surface area (Å²) >= 11 is 3.39. The third-order valence-corrected chi connectivity index (χ3v) is 4.71. The van der Waals surface area contributed by atoms with Crippen LogP contribution in [0.15, 0.2) is 59.1 Å². The van der Waals surface area contributed by atoms with Crippen LogP contribution in [0.2, 0.25) is 0 Å². The monoisotopic (exact) mass is 443 g/mol. The number of aromatic nitrogens is 2. The molecule has 0 atom stereocenters. The van der Waals surface area contributed by atoms with Gasteiger partial charge in [0.05, 0.1) is 11.4 Å². The number of hydrogen-bond donors (Lipinski definition) is 2. The van der Waals surface area contributed by atoms with Crippen LogP contribution in [0, 0.1) is 5.82 Å². The first-order chi connectivity index (χ1) is 13.5. The Kier molecular flexibility index (Phi) is 6.95. The van der Waals surface area contributed by atoms with E-state index in [1.54, 1.807) is 6.07 Å². The summed E-state index contributed by atoms with van der Waals surface area (Å²) in [6.07, 6.45) is 0.984. The van der Waals surface area contributed by atoms with E-state index in [0.717, 1.165) is 36.5 Å². The fourth-order valence-corrected chi connectivity index (χ4v) is 3.12. The minimum Gasteiger partial charge on any atom is -0.354 e. The Morgan fingerprint density at radius 3 is 2.54 bits per heavy atom. The first-order valence-corrected chi connectivity index (χ1v) is 9.86. The van der Waals surface area contributed by atoms with Gasteiger partial charge in [0.25, 0.3) is 0 Å². The minimum absolute atomic E-state index is 0.298. The van der Waals surface area contributed by atoms with Gasteiger partial charge in [-0.3, -0.25) is 0 Å². The van der Waals surface area contributed by atoms with Crippen LogP contribution in [0.3, 0.4) is 0 Å². The van der Waals surface area contributed by atoms with E-state index in [0.29, 0.717) is 16.2 Å². The quantitative estimate of drug-likeness (QED) is 0.471. The topological polar surface area (TPSA) is 53.1 Å². The maximum absolute atomic E-state index is 13.4. The van der Waals surface area contributed by atoms with Gasteiger partial charge in [0.1, 0.15) is 11.6 Å². The molecule has 0 amide bonds. The Morgan fingerprint density at radius 1 is 1.04 bits per heavy atom. The molecule has 0 aliphatic rings. The summed E-state index contributed by atoms with van der Waals surface area (Å²) in [7, 11) is 4.10. The van der Waals surface area contributed by atoms with Crippen molar-refractivity contribution in [3.8, 4) is 11.3 Å². The zero-order valence-electron chi connectivity index (χ0n) is 15.9. The zero-order valence-corrected chi connectivity index (χ0v) is 17.5. The maximum Gasteiger partial charge on any atom is 0.225 e. The number of benzene rings is 2. The van der Waals surface area contributed by atoms with Gasteiger partial charge in [-0.15, -0.1) is 0 Å². The van der Waals surface area contributed by atoms with Crippen LogP contribution in [0.1, 0.15) is 6.42 Å².